The molecule has 4 rings (SSSR count). The van der Waals surface area contributed by atoms with Crippen LogP contribution in [0.5, 0.6) is 5.75 Å². The lowest BCUT2D eigenvalue weighted by Gasteiger charge is -2.62. The Morgan fingerprint density at radius 2 is 2.03 bits per heavy atom. The topological polar surface area (TPSA) is 102 Å². The largest absolute Gasteiger partial charge is 0.508 e. The van der Waals surface area contributed by atoms with Gasteiger partial charge in [0.15, 0.2) is 0 Å². The number of nitrogens with one attached hydrogen (secondary N) is 2. The zero-order chi connectivity index (χ0) is 22.6. The number of carbonyl (C=O) groups is 2. The number of fused-ring (bicyclic) bond motifs is 1. The Morgan fingerprint density at radius 3 is 2.68 bits per heavy atom. The Labute approximate surface area is 183 Å². The third-order valence-corrected chi connectivity index (χ3v) is 8.01. The van der Waals surface area contributed by atoms with Crippen molar-refractivity contribution in [2.24, 2.45) is 0 Å². The molecule has 7 heteroatoms. The van der Waals surface area contributed by atoms with Crippen LogP contribution in [0.1, 0.15) is 57.1 Å². The molecule has 7 nitrogen and oxygen atoms in total. The van der Waals surface area contributed by atoms with E-state index in [1.165, 1.54) is 0 Å². The molecule has 1 spiro atoms. The molecule has 1 saturated carbocycles. The van der Waals surface area contributed by atoms with Crippen molar-refractivity contribution in [1.29, 1.82) is 0 Å². The summed E-state index contributed by atoms with van der Waals surface area (Å²) in [5, 5.41) is 27.9. The third kappa shape index (κ3) is 3.26. The smallest absolute Gasteiger partial charge is 0.322 e. The molecule has 3 fully saturated rings. The second-order valence-corrected chi connectivity index (χ2v) is 9.84. The number of likely N-dealkylation sites (tertiary alicyclic amines) is 1. The summed E-state index contributed by atoms with van der Waals surface area (Å²) in [4.78, 5) is 27.2. The molecule has 0 unspecified atom stereocenters. The Bertz CT molecular complexity index is 947. The number of imide groups is 1. The van der Waals surface area contributed by atoms with Gasteiger partial charge < -0.3 is 15.5 Å². The molecule has 1 aliphatic carbocycles. The normalized spacial score (nSPS) is 35.5. The number of aryl methyl sites for hydroxylation is 1. The minimum atomic E-state index is -1.11. The number of aliphatic hydroxyl groups is 1. The number of phenols is 1. The van der Waals surface area contributed by atoms with Gasteiger partial charge in [0.2, 0.25) is 0 Å². The van der Waals surface area contributed by atoms with E-state index < -0.39 is 22.6 Å². The number of hydrogen-bond acceptors (Lipinski definition) is 5. The van der Waals surface area contributed by atoms with Crippen LogP contribution in [-0.4, -0.2) is 57.3 Å². The van der Waals surface area contributed by atoms with Crippen molar-refractivity contribution < 1.29 is 19.8 Å². The molecule has 4 atom stereocenters. The van der Waals surface area contributed by atoms with Gasteiger partial charge in [-0.3, -0.25) is 15.0 Å². The van der Waals surface area contributed by atoms with Crippen molar-refractivity contribution in [3.05, 3.63) is 41.5 Å². The van der Waals surface area contributed by atoms with Gasteiger partial charge in [-0.15, -0.1) is 6.58 Å². The van der Waals surface area contributed by atoms with E-state index in [1.807, 2.05) is 19.9 Å². The van der Waals surface area contributed by atoms with E-state index in [4.69, 9.17) is 0 Å². The first-order valence-corrected chi connectivity index (χ1v) is 11.1. The number of hydrogen-bond donors (Lipinski definition) is 4. The Balaban J connectivity index is 1.82. The third-order valence-electron chi connectivity index (χ3n) is 8.01. The SMILES string of the molecule is C=C(C)CCN1CC[C@]2(c3cc(O)ccc3C)C[C@]3(CC[C@@]2(O)[C@H]1C)NC(=O)NC3=O. The lowest BCUT2D eigenvalue weighted by Crippen LogP contribution is -2.73. The molecule has 3 amide bonds. The molecule has 2 heterocycles. The van der Waals surface area contributed by atoms with Gasteiger partial charge in [-0.2, -0.15) is 0 Å². The molecule has 31 heavy (non-hydrogen) atoms. The molecule has 2 aliphatic heterocycles. The van der Waals surface area contributed by atoms with E-state index in [0.29, 0.717) is 25.7 Å². The fourth-order valence-corrected chi connectivity index (χ4v) is 6.20. The van der Waals surface area contributed by atoms with Gasteiger partial charge in [0.05, 0.1) is 5.60 Å². The second kappa shape index (κ2) is 7.35. The van der Waals surface area contributed by atoms with Crippen LogP contribution >= 0.6 is 0 Å². The van der Waals surface area contributed by atoms with E-state index in [-0.39, 0.29) is 17.7 Å². The van der Waals surface area contributed by atoms with Crippen molar-refractivity contribution >= 4 is 11.9 Å². The number of urea groups is 1. The maximum absolute atomic E-state index is 12.8. The van der Waals surface area contributed by atoms with Crippen molar-refractivity contribution in [2.45, 2.75) is 75.5 Å². The van der Waals surface area contributed by atoms with Crippen LogP contribution < -0.4 is 10.6 Å². The zero-order valence-electron chi connectivity index (χ0n) is 18.6. The predicted molar refractivity (Wildman–Crippen MR) is 118 cm³/mol. The summed E-state index contributed by atoms with van der Waals surface area (Å²) in [6.07, 6.45) is 2.54. The van der Waals surface area contributed by atoms with Gasteiger partial charge in [-0.05, 0) is 82.7 Å². The second-order valence-electron chi connectivity index (χ2n) is 9.84. The molecular formula is C24H33N3O4. The van der Waals surface area contributed by atoms with Crippen molar-refractivity contribution in [3.63, 3.8) is 0 Å². The lowest BCUT2D eigenvalue weighted by molar-refractivity contribution is -0.170. The average Bonchev–Trinajstić information content (AvgIpc) is 2.97. The standard InChI is InChI=1S/C24H33N3O4/c1-15(2)7-11-27-12-10-22(19-13-18(28)6-5-16(19)3)14-23(20(29)25-21(30)26-23)8-9-24(22,31)17(27)4/h5-6,13,17,28,31H,1,7-12,14H2,2-4H3,(H2,25,26,29,30)/t17-,22-,23+,24-/m1/s1. The first-order valence-electron chi connectivity index (χ1n) is 11.1. The first-order chi connectivity index (χ1) is 14.5. The Kier molecular flexibility index (Phi) is 5.17. The van der Waals surface area contributed by atoms with E-state index in [0.717, 1.165) is 36.2 Å². The monoisotopic (exact) mass is 427 g/mol. The minimum Gasteiger partial charge on any atom is -0.508 e. The number of piperidine rings is 1. The molecule has 1 aromatic carbocycles. The molecule has 0 radical (unpaired) electrons. The Morgan fingerprint density at radius 1 is 1.29 bits per heavy atom. The van der Waals surface area contributed by atoms with Crippen LogP contribution in [0.2, 0.25) is 0 Å². The number of carbonyl (C=O) groups excluding carboxylic acids is 2. The summed E-state index contributed by atoms with van der Waals surface area (Å²) in [5.41, 5.74) is -0.0106. The highest BCUT2D eigenvalue weighted by Crippen LogP contribution is 2.57. The fraction of sp³-hybridized carbons (Fsp3) is 0.583. The van der Waals surface area contributed by atoms with Gasteiger partial charge in [-0.1, -0.05) is 11.6 Å². The highest BCUT2D eigenvalue weighted by atomic mass is 16.3. The van der Waals surface area contributed by atoms with Gasteiger partial charge in [0.1, 0.15) is 11.3 Å². The van der Waals surface area contributed by atoms with Crippen molar-refractivity contribution in [1.82, 2.24) is 15.5 Å². The summed E-state index contributed by atoms with van der Waals surface area (Å²) < 4.78 is 0. The molecule has 1 aromatic rings. The van der Waals surface area contributed by atoms with Gasteiger partial charge in [0, 0.05) is 18.0 Å². The minimum absolute atomic E-state index is 0.134. The molecular weight excluding hydrogens is 394 g/mol. The molecule has 0 aromatic heterocycles. The summed E-state index contributed by atoms with van der Waals surface area (Å²) >= 11 is 0. The van der Waals surface area contributed by atoms with Gasteiger partial charge in [-0.25, -0.2) is 4.79 Å². The lowest BCUT2D eigenvalue weighted by atomic mass is 9.49. The van der Waals surface area contributed by atoms with Gasteiger partial charge >= 0.3 is 6.03 Å². The number of nitrogens with zero attached hydrogens (tertiary/aromatic N) is 1. The fourth-order valence-electron chi connectivity index (χ4n) is 6.20. The molecule has 168 valence electrons. The summed E-state index contributed by atoms with van der Waals surface area (Å²) in [6.45, 7) is 11.6. The zero-order valence-corrected chi connectivity index (χ0v) is 18.6. The average molecular weight is 428 g/mol. The number of amides is 3. The number of aromatic hydroxyl groups is 1. The maximum Gasteiger partial charge on any atom is 0.322 e. The van der Waals surface area contributed by atoms with E-state index >= 15 is 0 Å². The Hall–Kier alpha value is -2.38. The molecule has 4 N–H and O–H groups in total. The number of phenolic OH excluding ortho intramolecular Hbond substituents is 1. The number of rotatable bonds is 4. The van der Waals surface area contributed by atoms with Crippen LogP contribution in [0.3, 0.4) is 0 Å². The highest BCUT2D eigenvalue weighted by molar-refractivity contribution is 6.07. The predicted octanol–water partition coefficient (Wildman–Crippen LogP) is 2.49. The molecule has 0 bridgehead atoms. The highest BCUT2D eigenvalue weighted by Gasteiger charge is 2.66. The summed E-state index contributed by atoms with van der Waals surface area (Å²) in [5.74, 6) is -0.191. The maximum atomic E-state index is 12.8. The van der Waals surface area contributed by atoms with E-state index in [1.54, 1.807) is 12.1 Å². The van der Waals surface area contributed by atoms with Crippen LogP contribution in [0.15, 0.2) is 30.4 Å². The van der Waals surface area contributed by atoms with Crippen LogP contribution in [-0.2, 0) is 10.2 Å². The molecule has 2 saturated heterocycles. The molecule has 3 aliphatic rings. The number of benzene rings is 1. The summed E-state index contributed by atoms with van der Waals surface area (Å²) in [7, 11) is 0. The van der Waals surface area contributed by atoms with Gasteiger partial charge in [0.25, 0.3) is 5.91 Å². The quantitative estimate of drug-likeness (QED) is 0.437. The van der Waals surface area contributed by atoms with E-state index in [2.05, 4.69) is 29.0 Å². The summed E-state index contributed by atoms with van der Waals surface area (Å²) in [6, 6.07) is 4.59. The van der Waals surface area contributed by atoms with Crippen molar-refractivity contribution in [2.75, 3.05) is 13.1 Å². The van der Waals surface area contributed by atoms with Crippen LogP contribution in [0, 0.1) is 6.92 Å². The van der Waals surface area contributed by atoms with E-state index in [9.17, 15) is 19.8 Å². The van der Waals surface area contributed by atoms with Crippen LogP contribution in [0.25, 0.3) is 0 Å². The first kappa shape index (κ1) is 21.8. The van der Waals surface area contributed by atoms with Crippen LogP contribution in [0.4, 0.5) is 4.79 Å². The van der Waals surface area contributed by atoms with Crippen molar-refractivity contribution in [3.8, 4) is 5.75 Å².